The topological polar surface area (TPSA) is 217 Å². The molecule has 0 aliphatic rings. The van der Waals surface area contributed by atoms with Crippen molar-refractivity contribution >= 4 is 57.1 Å². The number of halogens is 1. The van der Waals surface area contributed by atoms with Gasteiger partial charge in [0.25, 0.3) is 0 Å². The van der Waals surface area contributed by atoms with Crippen molar-refractivity contribution in [3.05, 3.63) is 52.1 Å². The lowest BCUT2D eigenvalue weighted by Gasteiger charge is -2.08. The maximum absolute atomic E-state index is 13.0. The highest BCUT2D eigenvalue weighted by atomic mass is 35.5. The predicted molar refractivity (Wildman–Crippen MR) is 210 cm³/mol. The number of hydrogen-bond donors (Lipinski definition) is 1. The van der Waals surface area contributed by atoms with E-state index in [1.54, 1.807) is 45.6 Å². The summed E-state index contributed by atoms with van der Waals surface area (Å²) < 4.78 is 60.9. The average molecular weight is 867 g/mol. The molecule has 3 rings (SSSR count). The third-order valence-electron chi connectivity index (χ3n) is 6.79. The molecule has 328 valence electrons. The summed E-state index contributed by atoms with van der Waals surface area (Å²) in [5.74, 6) is -1.03. The molecular formula is C37H55ClN2O17S. The zero-order valence-electron chi connectivity index (χ0n) is 33.4. The molecule has 0 unspecified atom stereocenters. The van der Waals surface area contributed by atoms with Gasteiger partial charge in [0.1, 0.15) is 13.2 Å². The number of para-hydroxylation sites is 1. The number of fused-ring (bicyclic) bond motifs is 1. The Labute approximate surface area is 346 Å². The summed E-state index contributed by atoms with van der Waals surface area (Å²) in [6.45, 7) is 7.37. The molecule has 3 aromatic rings. The molecule has 2 heterocycles. The maximum Gasteiger partial charge on any atom is 0.418 e. The molecule has 0 bridgehead atoms. The lowest BCUT2D eigenvalue weighted by molar-refractivity contribution is 0.0132. The van der Waals surface area contributed by atoms with Crippen LogP contribution in [0, 0.1) is 0 Å². The van der Waals surface area contributed by atoms with E-state index in [-0.39, 0.29) is 42.7 Å². The first-order chi connectivity index (χ1) is 28.2. The van der Waals surface area contributed by atoms with Crippen molar-refractivity contribution in [2.24, 2.45) is 0 Å². The highest BCUT2D eigenvalue weighted by Gasteiger charge is 2.23. The van der Waals surface area contributed by atoms with E-state index in [2.05, 4.69) is 14.5 Å². The van der Waals surface area contributed by atoms with Crippen molar-refractivity contribution in [2.75, 3.05) is 147 Å². The molecule has 0 radical (unpaired) electrons. The van der Waals surface area contributed by atoms with Gasteiger partial charge in [0.05, 0.1) is 124 Å². The van der Waals surface area contributed by atoms with Crippen LogP contribution in [0.3, 0.4) is 0 Å². The summed E-state index contributed by atoms with van der Waals surface area (Å²) in [6.07, 6.45) is 0.776. The third-order valence-corrected chi connectivity index (χ3v) is 7.74. The summed E-state index contributed by atoms with van der Waals surface area (Å²) in [5.41, 5.74) is 0.0314. The smallest absolute Gasteiger partial charge is 0.418 e. The Morgan fingerprint density at radius 2 is 1.12 bits per heavy atom. The first-order valence-electron chi connectivity index (χ1n) is 18.0. The second-order valence-electron chi connectivity index (χ2n) is 10.9. The molecule has 0 saturated carbocycles. The molecule has 1 N–H and O–H groups in total. The lowest BCUT2D eigenvalue weighted by atomic mass is 10.1. The van der Waals surface area contributed by atoms with Crippen molar-refractivity contribution in [1.29, 1.82) is 0 Å². The van der Waals surface area contributed by atoms with E-state index < -0.39 is 23.3 Å². The normalized spacial score (nSPS) is 10.7. The van der Waals surface area contributed by atoms with Gasteiger partial charge in [-0.2, -0.15) is 0 Å². The van der Waals surface area contributed by atoms with Crippen LogP contribution >= 0.6 is 22.9 Å². The van der Waals surface area contributed by atoms with Gasteiger partial charge in [0, 0.05) is 49.9 Å². The molecule has 2 aromatic heterocycles. The van der Waals surface area contributed by atoms with E-state index in [4.69, 9.17) is 64.1 Å². The van der Waals surface area contributed by atoms with Crippen LogP contribution in [0.15, 0.2) is 35.8 Å². The zero-order chi connectivity index (χ0) is 42.6. The Kier molecular flexibility index (Phi) is 31.9. The summed E-state index contributed by atoms with van der Waals surface area (Å²) in [7, 11) is 6.08. The predicted octanol–water partition coefficient (Wildman–Crippen LogP) is 3.48. The molecule has 0 saturated heterocycles. The van der Waals surface area contributed by atoms with E-state index in [1.165, 1.54) is 23.3 Å². The van der Waals surface area contributed by atoms with Gasteiger partial charge in [0.15, 0.2) is 10.7 Å². The first kappa shape index (κ1) is 52.4. The Hall–Kier alpha value is -3.64. The van der Waals surface area contributed by atoms with Crippen LogP contribution < -0.4 is 0 Å². The van der Waals surface area contributed by atoms with Crippen LogP contribution in [0.25, 0.3) is 10.9 Å². The summed E-state index contributed by atoms with van der Waals surface area (Å²) in [6, 6.07) is 6.96. The number of aliphatic hydroxyl groups is 1. The highest BCUT2D eigenvalue weighted by molar-refractivity contribution is 7.12. The fraction of sp³-hybridized carbons (Fsp3) is 0.595. The minimum Gasteiger partial charge on any atom is -0.464 e. The third kappa shape index (κ3) is 23.7. The molecule has 0 atom stereocenters. The fourth-order valence-electron chi connectivity index (χ4n) is 4.10. The number of hydrogen-bond acceptors (Lipinski definition) is 19. The van der Waals surface area contributed by atoms with Gasteiger partial charge < -0.3 is 61.9 Å². The quantitative estimate of drug-likeness (QED) is 0.0347. The Bertz CT molecular complexity index is 1530. The Morgan fingerprint density at radius 3 is 1.60 bits per heavy atom. The van der Waals surface area contributed by atoms with Gasteiger partial charge in [-0.05, 0) is 6.07 Å². The first-order valence-corrected chi connectivity index (χ1v) is 19.2. The van der Waals surface area contributed by atoms with Crippen LogP contribution in [-0.2, 0) is 56.8 Å². The SMILES string of the molecule is COCCOCCOCCO.COCCOCCOCCOC(=O)Cl.COCCOCCOCCOC(=O)n1cc(C(=O)c2nc(C(=O)OC)cs2)c2ccccc21. The van der Waals surface area contributed by atoms with Gasteiger partial charge in [-0.3, -0.25) is 9.36 Å². The lowest BCUT2D eigenvalue weighted by Crippen LogP contribution is -2.17. The molecule has 58 heavy (non-hydrogen) atoms. The number of thiazole rings is 1. The molecular weight excluding hydrogens is 812 g/mol. The van der Waals surface area contributed by atoms with Crippen LogP contribution in [0.4, 0.5) is 9.59 Å². The number of methoxy groups -OCH3 is 4. The van der Waals surface area contributed by atoms with E-state index in [0.29, 0.717) is 103 Å². The Balaban J connectivity index is 0.000000553. The number of carbonyl (C=O) groups excluding carboxylic acids is 4. The summed E-state index contributed by atoms with van der Waals surface area (Å²) >= 11 is 5.95. The summed E-state index contributed by atoms with van der Waals surface area (Å²) in [4.78, 5) is 51.5. The van der Waals surface area contributed by atoms with E-state index in [9.17, 15) is 19.2 Å². The van der Waals surface area contributed by atoms with E-state index in [1.807, 2.05) is 0 Å². The van der Waals surface area contributed by atoms with E-state index in [0.717, 1.165) is 11.3 Å². The molecule has 1 aromatic carbocycles. The van der Waals surface area contributed by atoms with Gasteiger partial charge in [-0.15, -0.1) is 11.3 Å². The van der Waals surface area contributed by atoms with Crippen molar-refractivity contribution in [2.45, 2.75) is 0 Å². The molecule has 21 heteroatoms. The number of rotatable bonds is 29. The van der Waals surface area contributed by atoms with Gasteiger partial charge in [-0.25, -0.2) is 19.4 Å². The largest absolute Gasteiger partial charge is 0.464 e. The second kappa shape index (κ2) is 35.3. The number of aliphatic hydroxyl groups excluding tert-OH is 1. The van der Waals surface area contributed by atoms with Crippen LogP contribution in [0.2, 0.25) is 0 Å². The molecule has 19 nitrogen and oxygen atoms in total. The molecule has 0 aliphatic heterocycles. The number of nitrogens with zero attached hydrogens (tertiary/aromatic N) is 2. The standard InChI is InChI=1S/C22H24N2O8S.C8H15ClO5.C7H16O4/c1-28-7-8-30-9-10-31-11-12-32-22(27)24-13-16(15-5-3-4-6-18(15)24)19(25)20-23-17(14-33-20)21(26)29-2;1-11-2-3-12-4-5-13-6-7-14-8(9)10;1-9-4-5-11-7-6-10-3-2-8/h3-6,13-14H,7-12H2,1-2H3;2-7H2,1H3;8H,2-7H2,1H3. The van der Waals surface area contributed by atoms with Gasteiger partial charge >= 0.3 is 17.5 Å². The Morgan fingerprint density at radius 1 is 0.655 bits per heavy atom. The second-order valence-corrected chi connectivity index (χ2v) is 12.0. The van der Waals surface area contributed by atoms with Crippen LogP contribution in [0.1, 0.15) is 25.9 Å². The van der Waals surface area contributed by atoms with Crippen molar-refractivity contribution in [3.8, 4) is 0 Å². The van der Waals surface area contributed by atoms with Gasteiger partial charge in [-0.1, -0.05) is 18.2 Å². The number of ether oxygens (including phenoxy) is 12. The van der Waals surface area contributed by atoms with Crippen molar-refractivity contribution in [3.63, 3.8) is 0 Å². The molecule has 0 spiro atoms. The number of benzene rings is 1. The van der Waals surface area contributed by atoms with Crippen LogP contribution in [-0.4, -0.2) is 185 Å². The van der Waals surface area contributed by atoms with Crippen molar-refractivity contribution < 1.29 is 81.1 Å². The average Bonchev–Trinajstić information content (AvgIpc) is 3.89. The van der Waals surface area contributed by atoms with Gasteiger partial charge in [0.2, 0.25) is 5.78 Å². The number of ketones is 1. The molecule has 0 aliphatic carbocycles. The van der Waals surface area contributed by atoms with Crippen LogP contribution in [0.5, 0.6) is 0 Å². The monoisotopic (exact) mass is 866 g/mol. The maximum atomic E-state index is 13.0. The number of carbonyl (C=O) groups is 4. The minimum absolute atomic E-state index is 0.0433. The molecule has 0 fully saturated rings. The number of aromatic nitrogens is 2. The zero-order valence-corrected chi connectivity index (χ0v) is 34.9. The van der Waals surface area contributed by atoms with E-state index >= 15 is 0 Å². The molecule has 0 amide bonds. The fourth-order valence-corrected chi connectivity index (χ4v) is 4.92. The summed E-state index contributed by atoms with van der Waals surface area (Å²) in [5, 5.41) is 10.5. The number of esters is 1. The minimum atomic E-state index is -0.815. The van der Waals surface area contributed by atoms with Crippen molar-refractivity contribution in [1.82, 2.24) is 9.55 Å². The highest BCUT2D eigenvalue weighted by Crippen LogP contribution is 2.25.